The van der Waals surface area contributed by atoms with Gasteiger partial charge in [0.15, 0.2) is 0 Å². The van der Waals surface area contributed by atoms with Gasteiger partial charge in [0, 0.05) is 5.56 Å². The molecule has 14 heavy (non-hydrogen) atoms. The van der Waals surface area contributed by atoms with Gasteiger partial charge in [-0.15, -0.1) is 0 Å². The van der Waals surface area contributed by atoms with Gasteiger partial charge in [0.2, 0.25) is 0 Å². The van der Waals surface area contributed by atoms with Gasteiger partial charge in [0.05, 0.1) is 5.69 Å². The maximum absolute atomic E-state index is 5.67. The van der Waals surface area contributed by atoms with Crippen LogP contribution in [-0.4, -0.2) is 9.97 Å². The molecule has 0 aromatic carbocycles. The molecule has 0 fully saturated rings. The van der Waals surface area contributed by atoms with Gasteiger partial charge >= 0.3 is 0 Å². The van der Waals surface area contributed by atoms with E-state index in [1.807, 2.05) is 40.7 Å². The first-order valence-corrected chi connectivity index (χ1v) is 4.83. The van der Waals surface area contributed by atoms with E-state index in [0.29, 0.717) is 5.82 Å². The van der Waals surface area contributed by atoms with E-state index in [-0.39, 0.29) is 0 Å². The molecular weight excluding hydrogens is 174 g/mol. The Morgan fingerprint density at radius 1 is 1.29 bits per heavy atom. The highest BCUT2D eigenvalue weighted by atomic mass is 14.9. The van der Waals surface area contributed by atoms with Gasteiger partial charge in [-0.25, -0.2) is 9.97 Å². The van der Waals surface area contributed by atoms with Crippen molar-refractivity contribution in [1.82, 2.24) is 9.97 Å². The van der Waals surface area contributed by atoms with Crippen molar-refractivity contribution in [2.24, 2.45) is 0 Å². The van der Waals surface area contributed by atoms with Crippen LogP contribution in [0.4, 0.5) is 5.82 Å². The molecular formula is C11H19N3. The molecule has 0 saturated heterocycles. The number of hydrogen-bond acceptors (Lipinski definition) is 3. The molecule has 0 aliphatic rings. The minimum atomic E-state index is 0.545. The number of allylic oxidation sites excluding steroid dienone is 1. The van der Waals surface area contributed by atoms with Crippen molar-refractivity contribution in [3.8, 4) is 0 Å². The summed E-state index contributed by atoms with van der Waals surface area (Å²) in [6, 6.07) is 0. The third kappa shape index (κ3) is 3.56. The Balaban J connectivity index is 0.000000791. The van der Waals surface area contributed by atoms with Gasteiger partial charge in [-0.3, -0.25) is 0 Å². The Morgan fingerprint density at radius 3 is 2.29 bits per heavy atom. The molecule has 3 heteroatoms. The predicted octanol–water partition coefficient (Wildman–Crippen LogP) is 2.82. The number of nitrogens with two attached hydrogens (primary N) is 1. The molecule has 0 atom stereocenters. The highest BCUT2D eigenvalue weighted by Crippen LogP contribution is 2.14. The fraction of sp³-hybridized carbons (Fsp3) is 0.455. The number of nitrogens with zero attached hydrogens (tertiary/aromatic N) is 2. The van der Waals surface area contributed by atoms with Crippen LogP contribution in [0.15, 0.2) is 11.9 Å². The minimum absolute atomic E-state index is 0.545. The second kappa shape index (κ2) is 6.13. The highest BCUT2D eigenvalue weighted by molar-refractivity contribution is 5.63. The van der Waals surface area contributed by atoms with Crippen molar-refractivity contribution < 1.29 is 0 Å². The summed E-state index contributed by atoms with van der Waals surface area (Å²) >= 11 is 0. The number of anilines is 1. The second-order valence-electron chi connectivity index (χ2n) is 2.98. The Morgan fingerprint density at radius 2 is 1.86 bits per heavy atom. The van der Waals surface area contributed by atoms with Crippen molar-refractivity contribution in [3.63, 3.8) is 0 Å². The lowest BCUT2D eigenvalue weighted by Gasteiger charge is -2.02. The lowest BCUT2D eigenvalue weighted by atomic mass is 10.1. The topological polar surface area (TPSA) is 51.8 Å². The Labute approximate surface area is 86.1 Å². The molecule has 0 aliphatic heterocycles. The predicted molar refractivity (Wildman–Crippen MR) is 61.9 cm³/mol. The fourth-order valence-corrected chi connectivity index (χ4v) is 0.969. The van der Waals surface area contributed by atoms with Crippen LogP contribution in [0, 0.1) is 6.92 Å². The first-order chi connectivity index (χ1) is 6.61. The van der Waals surface area contributed by atoms with Crippen LogP contribution in [0.1, 0.15) is 39.0 Å². The molecule has 78 valence electrons. The largest absolute Gasteiger partial charge is 0.383 e. The molecule has 2 N–H and O–H groups in total. The molecule has 0 unspecified atom stereocenters. The van der Waals surface area contributed by atoms with E-state index in [1.54, 1.807) is 0 Å². The van der Waals surface area contributed by atoms with Crippen LogP contribution < -0.4 is 5.73 Å². The molecule has 0 spiro atoms. The summed E-state index contributed by atoms with van der Waals surface area (Å²) in [5.74, 6) is 0.545. The zero-order valence-electron chi connectivity index (χ0n) is 9.63. The van der Waals surface area contributed by atoms with Gasteiger partial charge in [-0.05, 0) is 20.8 Å². The zero-order chi connectivity index (χ0) is 11.1. The molecule has 1 aromatic rings. The Hall–Kier alpha value is -1.38. The van der Waals surface area contributed by atoms with Crippen molar-refractivity contribution in [3.05, 3.63) is 23.2 Å². The highest BCUT2D eigenvalue weighted by Gasteiger charge is 2.00. The van der Waals surface area contributed by atoms with E-state index in [1.165, 1.54) is 11.9 Å². The normalized spacial score (nSPS) is 8.64. The van der Waals surface area contributed by atoms with Crippen LogP contribution in [-0.2, 0) is 0 Å². The SMILES string of the molecule is CC.CC(C)=Cc1c(C)ncnc1N. The van der Waals surface area contributed by atoms with Crippen molar-refractivity contribution in [2.75, 3.05) is 5.73 Å². The number of hydrogen-bond donors (Lipinski definition) is 1. The Bertz CT molecular complexity index is 292. The molecule has 0 radical (unpaired) electrons. The number of nitrogen functional groups attached to an aromatic ring is 1. The summed E-state index contributed by atoms with van der Waals surface area (Å²) in [6.07, 6.45) is 3.47. The average Bonchev–Trinajstić information content (AvgIpc) is 2.15. The minimum Gasteiger partial charge on any atom is -0.383 e. The van der Waals surface area contributed by atoms with Crippen molar-refractivity contribution >= 4 is 11.9 Å². The van der Waals surface area contributed by atoms with Crippen LogP contribution in [0.3, 0.4) is 0 Å². The number of aromatic nitrogens is 2. The number of aryl methyl sites for hydroxylation is 1. The standard InChI is InChI=1S/C9H13N3.C2H6/c1-6(2)4-8-7(3)11-5-12-9(8)10;1-2/h4-5H,1-3H3,(H2,10,11,12);1-2H3. The molecule has 1 rings (SSSR count). The fourth-order valence-electron chi connectivity index (χ4n) is 0.969. The summed E-state index contributed by atoms with van der Waals surface area (Å²) in [5, 5.41) is 0. The first kappa shape index (κ1) is 12.6. The van der Waals surface area contributed by atoms with E-state index in [9.17, 15) is 0 Å². The van der Waals surface area contributed by atoms with E-state index < -0.39 is 0 Å². The maximum Gasteiger partial charge on any atom is 0.134 e. The van der Waals surface area contributed by atoms with Gasteiger partial charge in [0.25, 0.3) is 0 Å². The molecule has 0 aliphatic carbocycles. The average molecular weight is 193 g/mol. The van der Waals surface area contributed by atoms with Gasteiger partial charge in [-0.2, -0.15) is 0 Å². The second-order valence-corrected chi connectivity index (χ2v) is 2.98. The monoisotopic (exact) mass is 193 g/mol. The summed E-state index contributed by atoms with van der Waals surface area (Å²) in [4.78, 5) is 7.97. The maximum atomic E-state index is 5.67. The third-order valence-electron chi connectivity index (χ3n) is 1.55. The van der Waals surface area contributed by atoms with Gasteiger partial charge in [-0.1, -0.05) is 25.5 Å². The van der Waals surface area contributed by atoms with Crippen LogP contribution >= 0.6 is 0 Å². The summed E-state index contributed by atoms with van der Waals surface area (Å²) < 4.78 is 0. The molecule has 0 saturated carbocycles. The van der Waals surface area contributed by atoms with Crippen LogP contribution in [0.5, 0.6) is 0 Å². The molecule has 0 amide bonds. The van der Waals surface area contributed by atoms with Crippen LogP contribution in [0.25, 0.3) is 6.08 Å². The zero-order valence-corrected chi connectivity index (χ0v) is 9.63. The van der Waals surface area contributed by atoms with E-state index in [4.69, 9.17) is 5.73 Å². The quantitative estimate of drug-likeness (QED) is 0.746. The van der Waals surface area contributed by atoms with E-state index in [2.05, 4.69) is 9.97 Å². The lowest BCUT2D eigenvalue weighted by molar-refractivity contribution is 1.10. The van der Waals surface area contributed by atoms with Crippen molar-refractivity contribution in [1.29, 1.82) is 0 Å². The molecule has 0 bridgehead atoms. The molecule has 1 aromatic heterocycles. The first-order valence-electron chi connectivity index (χ1n) is 4.83. The third-order valence-corrected chi connectivity index (χ3v) is 1.55. The molecule has 3 nitrogen and oxygen atoms in total. The van der Waals surface area contributed by atoms with Crippen LogP contribution in [0.2, 0.25) is 0 Å². The van der Waals surface area contributed by atoms with E-state index in [0.717, 1.165) is 11.3 Å². The summed E-state index contributed by atoms with van der Waals surface area (Å²) in [7, 11) is 0. The number of rotatable bonds is 1. The lowest BCUT2D eigenvalue weighted by Crippen LogP contribution is -1.98. The van der Waals surface area contributed by atoms with E-state index >= 15 is 0 Å². The van der Waals surface area contributed by atoms with Gasteiger partial charge < -0.3 is 5.73 Å². The Kier molecular flexibility index (Phi) is 5.53. The smallest absolute Gasteiger partial charge is 0.134 e. The molecule has 1 heterocycles. The summed E-state index contributed by atoms with van der Waals surface area (Å²) in [6.45, 7) is 9.96. The van der Waals surface area contributed by atoms with Crippen molar-refractivity contribution in [2.45, 2.75) is 34.6 Å². The van der Waals surface area contributed by atoms with Gasteiger partial charge in [0.1, 0.15) is 12.1 Å². The summed E-state index contributed by atoms with van der Waals surface area (Å²) in [5.41, 5.74) is 8.72.